The summed E-state index contributed by atoms with van der Waals surface area (Å²) < 4.78 is 140. The van der Waals surface area contributed by atoms with Gasteiger partial charge in [0.1, 0.15) is 11.4 Å². The summed E-state index contributed by atoms with van der Waals surface area (Å²) in [6, 6.07) is 4.38. The molecule has 2 heterocycles. The molecule has 0 saturated carbocycles. The highest BCUT2D eigenvalue weighted by molar-refractivity contribution is 5.89. The van der Waals surface area contributed by atoms with E-state index >= 15 is 0 Å². The number of nitrogens with one attached hydrogen (secondary N) is 1. The number of ether oxygens (including phenoxy) is 1. The number of pyridine rings is 1. The Hall–Kier alpha value is -3.52. The third-order valence-electron chi connectivity index (χ3n) is 5.50. The van der Waals surface area contributed by atoms with Crippen molar-refractivity contribution in [2.24, 2.45) is 0 Å². The summed E-state index contributed by atoms with van der Waals surface area (Å²) in [7, 11) is 0. The second-order valence-corrected chi connectivity index (χ2v) is 8.45. The van der Waals surface area contributed by atoms with E-state index in [-0.39, 0.29) is 0 Å². The van der Waals surface area contributed by atoms with Crippen LogP contribution >= 0.6 is 0 Å². The fourth-order valence-corrected chi connectivity index (χ4v) is 3.68. The Kier molecular flexibility index (Phi) is 6.46. The maximum Gasteiger partial charge on any atom is 0.463 e. The molecule has 5 nitrogen and oxygen atoms in total. The lowest BCUT2D eigenvalue weighted by Gasteiger charge is -2.39. The van der Waals surface area contributed by atoms with Gasteiger partial charge in [-0.3, -0.25) is 14.2 Å². The average Bonchev–Trinajstić information content (AvgIpc) is 2.73. The molecule has 1 aliphatic heterocycles. The normalized spacial score (nSPS) is 16.2. The number of alkyl halides is 10. The van der Waals surface area contributed by atoms with Gasteiger partial charge in [-0.25, -0.2) is 0 Å². The number of halogens is 10. The number of fused-ring (bicyclic) bond motifs is 1. The summed E-state index contributed by atoms with van der Waals surface area (Å²) in [6.45, 7) is 2.95. The number of hydrogen-bond donors (Lipinski definition) is 1. The molecule has 0 spiro atoms. The molecule has 1 aromatic carbocycles. The van der Waals surface area contributed by atoms with E-state index in [1.807, 2.05) is 0 Å². The van der Waals surface area contributed by atoms with E-state index in [1.165, 1.54) is 17.4 Å². The first-order valence-corrected chi connectivity index (χ1v) is 10.1. The van der Waals surface area contributed by atoms with E-state index in [9.17, 15) is 53.5 Å². The van der Waals surface area contributed by atoms with E-state index in [2.05, 4.69) is 0 Å². The number of aromatic nitrogens is 1. The summed E-state index contributed by atoms with van der Waals surface area (Å²) in [5.41, 5.74) is -7.73. The zero-order valence-corrected chi connectivity index (χ0v) is 18.9. The molecule has 1 aromatic heterocycles. The second-order valence-electron chi connectivity index (χ2n) is 8.45. The van der Waals surface area contributed by atoms with Gasteiger partial charge >= 0.3 is 30.1 Å². The molecule has 0 aliphatic carbocycles. The molecule has 0 radical (unpaired) electrons. The van der Waals surface area contributed by atoms with Crippen molar-refractivity contribution in [3.63, 3.8) is 0 Å². The van der Waals surface area contributed by atoms with Crippen LogP contribution in [0.15, 0.2) is 47.0 Å². The Morgan fingerprint density at radius 2 is 1.51 bits per heavy atom. The molecular weight excluding hydrogens is 530 g/mol. The van der Waals surface area contributed by atoms with E-state index in [4.69, 9.17) is 4.74 Å². The molecule has 37 heavy (non-hydrogen) atoms. The minimum Gasteiger partial charge on any atom is -0.481 e. The summed E-state index contributed by atoms with van der Waals surface area (Å²) >= 11 is 0. The van der Waals surface area contributed by atoms with Gasteiger partial charge in [-0.2, -0.15) is 43.9 Å². The van der Waals surface area contributed by atoms with Crippen LogP contribution in [0.3, 0.4) is 0 Å². The lowest BCUT2D eigenvalue weighted by atomic mass is 9.88. The van der Waals surface area contributed by atoms with Gasteiger partial charge in [-0.15, -0.1) is 0 Å². The second kappa shape index (κ2) is 8.52. The first-order chi connectivity index (χ1) is 16.6. The van der Waals surface area contributed by atoms with Gasteiger partial charge in [0.15, 0.2) is 0 Å². The van der Waals surface area contributed by atoms with Gasteiger partial charge in [0.2, 0.25) is 0 Å². The fourth-order valence-electron chi connectivity index (χ4n) is 3.68. The molecule has 0 atom stereocenters. The van der Waals surface area contributed by atoms with Gasteiger partial charge in [-0.1, -0.05) is 6.07 Å². The smallest absolute Gasteiger partial charge is 0.463 e. The number of hydrogen-bond acceptors (Lipinski definition) is 3. The number of rotatable bonds is 4. The Morgan fingerprint density at radius 3 is 2.03 bits per heavy atom. The van der Waals surface area contributed by atoms with Crippen LogP contribution in [0.1, 0.15) is 30.5 Å². The van der Waals surface area contributed by atoms with Gasteiger partial charge < -0.3 is 10.1 Å². The first kappa shape index (κ1) is 28.1. The topological polar surface area (TPSA) is 60.3 Å². The average molecular weight is 546 g/mol. The van der Waals surface area contributed by atoms with Crippen molar-refractivity contribution in [2.45, 2.75) is 50.6 Å². The van der Waals surface area contributed by atoms with Crippen molar-refractivity contribution in [1.29, 1.82) is 0 Å². The highest BCUT2D eigenvalue weighted by atomic mass is 19.4. The van der Waals surface area contributed by atoms with E-state index in [1.54, 1.807) is 0 Å². The molecule has 1 amide bonds. The highest BCUT2D eigenvalue weighted by Gasteiger charge is 2.64. The standard InChI is InChI=1S/C22H16F10N2O3/c1-10-11(19(23,24)21(27,28)29)7-8-12-14(10)15(34-9-5-4-6-13(34)35)16(18(2,3)37-12)33-17(36)20(25,26)22(30,31)32/h4-9H,1-3H3,(H,33,36). The largest absolute Gasteiger partial charge is 0.481 e. The zero-order valence-electron chi connectivity index (χ0n) is 18.9. The Balaban J connectivity index is 2.43. The van der Waals surface area contributed by atoms with Crippen molar-refractivity contribution in [2.75, 3.05) is 0 Å². The van der Waals surface area contributed by atoms with Crippen LogP contribution in [-0.4, -0.2) is 34.4 Å². The lowest BCUT2D eigenvalue weighted by Crippen LogP contribution is -2.54. The first-order valence-electron chi connectivity index (χ1n) is 10.1. The SMILES string of the molecule is Cc1c(C(F)(F)C(F)(F)F)ccc2c1C(n1ccccc1=O)=C(NC(=O)C(F)(F)C(F)(F)F)C(C)(C)O2. The molecular formula is C22H16F10N2O3. The van der Waals surface area contributed by atoms with Crippen LogP contribution in [0, 0.1) is 6.92 Å². The Morgan fingerprint density at radius 1 is 0.919 bits per heavy atom. The van der Waals surface area contributed by atoms with Crippen molar-refractivity contribution < 1.29 is 53.4 Å². The number of benzene rings is 1. The molecule has 15 heteroatoms. The molecule has 3 rings (SSSR count). The molecule has 0 saturated heterocycles. The summed E-state index contributed by atoms with van der Waals surface area (Å²) in [4.78, 5) is 24.7. The third-order valence-corrected chi connectivity index (χ3v) is 5.50. The quantitative estimate of drug-likeness (QED) is 0.515. The van der Waals surface area contributed by atoms with Crippen LogP contribution in [-0.2, 0) is 10.7 Å². The summed E-state index contributed by atoms with van der Waals surface area (Å²) in [6.07, 6.45) is -11.5. The van der Waals surface area contributed by atoms with Gasteiger partial charge in [0.05, 0.1) is 11.4 Å². The summed E-state index contributed by atoms with van der Waals surface area (Å²) in [5, 5.41) is 1.36. The summed E-state index contributed by atoms with van der Waals surface area (Å²) in [5.74, 6) is -14.7. The van der Waals surface area contributed by atoms with Gasteiger partial charge in [0.25, 0.3) is 5.56 Å². The predicted molar refractivity (Wildman–Crippen MR) is 108 cm³/mol. The van der Waals surface area contributed by atoms with Crippen LogP contribution in [0.5, 0.6) is 5.75 Å². The van der Waals surface area contributed by atoms with Crippen LogP contribution in [0.25, 0.3) is 5.70 Å². The van der Waals surface area contributed by atoms with E-state index < -0.39 is 75.1 Å². The molecule has 1 N–H and O–H groups in total. The highest BCUT2D eigenvalue weighted by Crippen LogP contribution is 2.50. The van der Waals surface area contributed by atoms with E-state index in [0.29, 0.717) is 16.7 Å². The Labute approximate surface area is 201 Å². The van der Waals surface area contributed by atoms with E-state index in [0.717, 1.165) is 33.0 Å². The van der Waals surface area contributed by atoms with Crippen molar-refractivity contribution in [1.82, 2.24) is 9.88 Å². The predicted octanol–water partition coefficient (Wildman–Crippen LogP) is 5.51. The van der Waals surface area contributed by atoms with Crippen molar-refractivity contribution in [3.05, 3.63) is 69.3 Å². The molecule has 0 unspecified atom stereocenters. The van der Waals surface area contributed by atoms with Gasteiger partial charge in [0, 0.05) is 23.4 Å². The number of carbonyl (C=O) groups is 1. The minimum atomic E-state index is -6.34. The minimum absolute atomic E-state index is 0.407. The molecule has 202 valence electrons. The lowest BCUT2D eigenvalue weighted by molar-refractivity contribution is -0.289. The van der Waals surface area contributed by atoms with Crippen LogP contribution in [0.2, 0.25) is 0 Å². The zero-order chi connectivity index (χ0) is 28.4. The van der Waals surface area contributed by atoms with Crippen LogP contribution < -0.4 is 15.6 Å². The number of amides is 1. The molecule has 1 aliphatic rings. The number of carbonyl (C=O) groups excluding carboxylic acids is 1. The van der Waals surface area contributed by atoms with Crippen LogP contribution in [0.4, 0.5) is 43.9 Å². The monoisotopic (exact) mass is 546 g/mol. The van der Waals surface area contributed by atoms with Gasteiger partial charge in [-0.05, 0) is 44.5 Å². The maximum atomic E-state index is 14.3. The fraction of sp³-hybridized carbons (Fsp3) is 0.364. The number of nitrogens with zero attached hydrogens (tertiary/aromatic N) is 1. The maximum absolute atomic E-state index is 14.3. The third kappa shape index (κ3) is 4.55. The Bertz CT molecular complexity index is 1340. The van der Waals surface area contributed by atoms with Crippen molar-refractivity contribution >= 4 is 11.6 Å². The molecule has 0 fully saturated rings. The molecule has 0 bridgehead atoms. The van der Waals surface area contributed by atoms with Crippen molar-refractivity contribution in [3.8, 4) is 5.75 Å². The molecule has 2 aromatic rings.